The molecule has 0 bridgehead atoms. The largest absolute Gasteiger partial charge is 0.491 e. The summed E-state index contributed by atoms with van der Waals surface area (Å²) in [4.78, 5) is 0. The first-order valence-corrected chi connectivity index (χ1v) is 13.6. The summed E-state index contributed by atoms with van der Waals surface area (Å²) in [5, 5.41) is 3.22. The first-order valence-electron chi connectivity index (χ1n) is 13.6. The maximum Gasteiger partial charge on any atom is 0.122 e. The predicted molar refractivity (Wildman–Crippen MR) is 153 cm³/mol. The SMILES string of the molecule is CNc1cc(OCCOCCOCCOCCOCCOCCOCCOC)cc(-c2cc(C)ccc2C)c1. The first kappa shape index (κ1) is 33.0. The second kappa shape index (κ2) is 21.6. The lowest BCUT2D eigenvalue weighted by Gasteiger charge is -2.13. The summed E-state index contributed by atoms with van der Waals surface area (Å²) in [6.07, 6.45) is 0. The van der Waals surface area contributed by atoms with Crippen molar-refractivity contribution < 1.29 is 37.9 Å². The number of hydrogen-bond acceptors (Lipinski definition) is 9. The quantitative estimate of drug-likeness (QED) is 0.194. The summed E-state index contributed by atoms with van der Waals surface area (Å²) >= 11 is 0. The van der Waals surface area contributed by atoms with Crippen molar-refractivity contribution in [1.29, 1.82) is 0 Å². The van der Waals surface area contributed by atoms with Gasteiger partial charge in [0.2, 0.25) is 0 Å². The topological polar surface area (TPSA) is 85.9 Å². The Morgan fingerprint density at radius 3 is 1.54 bits per heavy atom. The van der Waals surface area contributed by atoms with Gasteiger partial charge in [-0.15, -0.1) is 0 Å². The van der Waals surface area contributed by atoms with Gasteiger partial charge < -0.3 is 43.2 Å². The van der Waals surface area contributed by atoms with Crippen LogP contribution in [-0.4, -0.2) is 107 Å². The molecule has 9 heteroatoms. The van der Waals surface area contributed by atoms with Gasteiger partial charge in [-0.3, -0.25) is 0 Å². The van der Waals surface area contributed by atoms with Crippen molar-refractivity contribution in [3.8, 4) is 16.9 Å². The molecule has 0 fully saturated rings. The van der Waals surface area contributed by atoms with Gasteiger partial charge in [0.1, 0.15) is 12.4 Å². The highest BCUT2D eigenvalue weighted by atomic mass is 16.6. The van der Waals surface area contributed by atoms with Gasteiger partial charge in [-0.25, -0.2) is 0 Å². The molecular weight excluding hydrogens is 502 g/mol. The molecule has 0 aliphatic rings. The summed E-state index contributed by atoms with van der Waals surface area (Å²) in [7, 11) is 3.56. The molecule has 1 N–H and O–H groups in total. The summed E-state index contributed by atoms with van der Waals surface area (Å²) in [5.74, 6) is 0.814. The monoisotopic (exact) mass is 549 g/mol. The molecule has 2 aromatic carbocycles. The Labute approximate surface area is 234 Å². The lowest BCUT2D eigenvalue weighted by Crippen LogP contribution is -2.15. The molecule has 9 nitrogen and oxygen atoms in total. The molecule has 0 aliphatic carbocycles. The van der Waals surface area contributed by atoms with Crippen LogP contribution >= 0.6 is 0 Å². The van der Waals surface area contributed by atoms with E-state index in [-0.39, 0.29) is 0 Å². The molecule has 0 saturated carbocycles. The van der Waals surface area contributed by atoms with E-state index < -0.39 is 0 Å². The highest BCUT2D eigenvalue weighted by Crippen LogP contribution is 2.31. The molecule has 0 amide bonds. The van der Waals surface area contributed by atoms with Crippen molar-refractivity contribution in [2.45, 2.75) is 13.8 Å². The van der Waals surface area contributed by atoms with Crippen molar-refractivity contribution in [1.82, 2.24) is 0 Å². The molecule has 0 atom stereocenters. The normalized spacial score (nSPS) is 11.2. The Kier molecular flexibility index (Phi) is 18.2. The Hall–Kier alpha value is -2.24. The van der Waals surface area contributed by atoms with Gasteiger partial charge in [0.15, 0.2) is 0 Å². The van der Waals surface area contributed by atoms with Crippen LogP contribution in [0.25, 0.3) is 11.1 Å². The maximum absolute atomic E-state index is 5.96. The van der Waals surface area contributed by atoms with Gasteiger partial charge in [0.05, 0.1) is 85.9 Å². The van der Waals surface area contributed by atoms with Crippen LogP contribution in [0.4, 0.5) is 5.69 Å². The summed E-state index contributed by atoms with van der Waals surface area (Å²) < 4.78 is 43.7. The molecule has 39 heavy (non-hydrogen) atoms. The second-order valence-electron chi connectivity index (χ2n) is 8.83. The Bertz CT molecular complexity index is 895. The minimum absolute atomic E-state index is 0.468. The third-order valence-corrected chi connectivity index (χ3v) is 5.69. The minimum Gasteiger partial charge on any atom is -0.491 e. The number of nitrogens with one attached hydrogen (secondary N) is 1. The number of hydrogen-bond donors (Lipinski definition) is 1. The van der Waals surface area contributed by atoms with Crippen molar-refractivity contribution >= 4 is 5.69 Å². The molecule has 0 heterocycles. The fourth-order valence-electron chi connectivity index (χ4n) is 3.59. The van der Waals surface area contributed by atoms with E-state index in [0.29, 0.717) is 92.5 Å². The van der Waals surface area contributed by atoms with E-state index in [4.69, 9.17) is 37.9 Å². The van der Waals surface area contributed by atoms with E-state index >= 15 is 0 Å². The number of aryl methyl sites for hydroxylation is 2. The zero-order valence-electron chi connectivity index (χ0n) is 24.1. The van der Waals surface area contributed by atoms with Crippen molar-refractivity contribution in [3.63, 3.8) is 0 Å². The smallest absolute Gasteiger partial charge is 0.122 e. The van der Waals surface area contributed by atoms with Crippen LogP contribution in [0, 0.1) is 13.8 Å². The molecule has 0 aromatic heterocycles. The van der Waals surface area contributed by atoms with Crippen molar-refractivity contribution in [2.75, 3.05) is 112 Å². The van der Waals surface area contributed by atoms with Crippen molar-refractivity contribution in [3.05, 3.63) is 47.5 Å². The molecule has 220 valence electrons. The predicted octanol–water partition coefficient (Wildman–Crippen LogP) is 4.14. The van der Waals surface area contributed by atoms with E-state index in [1.165, 1.54) is 16.7 Å². The average Bonchev–Trinajstić information content (AvgIpc) is 2.95. The fraction of sp³-hybridized carbons (Fsp3) is 0.600. The second-order valence-corrected chi connectivity index (χ2v) is 8.83. The Morgan fingerprint density at radius 1 is 0.564 bits per heavy atom. The Balaban J connectivity index is 1.43. The zero-order valence-corrected chi connectivity index (χ0v) is 24.1. The molecule has 2 rings (SSSR count). The van der Waals surface area contributed by atoms with Gasteiger partial charge in [-0.2, -0.15) is 0 Å². The van der Waals surface area contributed by atoms with Gasteiger partial charge in [-0.1, -0.05) is 23.8 Å². The summed E-state index contributed by atoms with van der Waals surface area (Å²) in [5.41, 5.74) is 5.82. The zero-order chi connectivity index (χ0) is 28.0. The van der Waals surface area contributed by atoms with E-state index in [9.17, 15) is 0 Å². The lowest BCUT2D eigenvalue weighted by atomic mass is 9.98. The van der Waals surface area contributed by atoms with E-state index in [0.717, 1.165) is 17.0 Å². The minimum atomic E-state index is 0.468. The molecule has 0 saturated heterocycles. The van der Waals surface area contributed by atoms with Crippen LogP contribution in [0.15, 0.2) is 36.4 Å². The number of ether oxygens (including phenoxy) is 8. The third kappa shape index (κ3) is 15.2. The molecule has 0 radical (unpaired) electrons. The summed E-state index contributed by atoms with van der Waals surface area (Å²) in [6.45, 7) is 11.7. The number of rotatable bonds is 24. The van der Waals surface area contributed by atoms with Gasteiger partial charge in [0.25, 0.3) is 0 Å². The number of anilines is 1. The molecule has 0 aliphatic heterocycles. The Morgan fingerprint density at radius 2 is 1.05 bits per heavy atom. The van der Waals surface area contributed by atoms with Crippen LogP contribution in [0.5, 0.6) is 5.75 Å². The van der Waals surface area contributed by atoms with Crippen LogP contribution < -0.4 is 10.1 Å². The van der Waals surface area contributed by atoms with Crippen LogP contribution in [0.1, 0.15) is 11.1 Å². The fourth-order valence-corrected chi connectivity index (χ4v) is 3.59. The van der Waals surface area contributed by atoms with Gasteiger partial charge >= 0.3 is 0 Å². The van der Waals surface area contributed by atoms with E-state index in [1.807, 2.05) is 13.1 Å². The van der Waals surface area contributed by atoms with E-state index in [1.54, 1.807) is 7.11 Å². The molecule has 0 spiro atoms. The average molecular weight is 550 g/mol. The van der Waals surface area contributed by atoms with Crippen LogP contribution in [-0.2, 0) is 33.2 Å². The molecule has 0 unspecified atom stereocenters. The lowest BCUT2D eigenvalue weighted by molar-refractivity contribution is -0.0199. The number of methoxy groups -OCH3 is 1. The highest BCUT2D eigenvalue weighted by Gasteiger charge is 2.07. The standard InChI is InChI=1S/C30H47NO8/c1-25-5-6-26(2)30(21-25)27-22-28(31-3)24-29(23-27)39-20-19-38-18-17-37-16-15-36-14-13-35-12-11-34-10-9-33-8-7-32-4/h5-6,21-24,31H,7-20H2,1-4H3. The maximum atomic E-state index is 5.96. The first-order chi connectivity index (χ1) is 19.1. The molecule has 2 aromatic rings. The third-order valence-electron chi connectivity index (χ3n) is 5.69. The van der Waals surface area contributed by atoms with Gasteiger partial charge in [-0.05, 0) is 42.7 Å². The molecular formula is C30H47NO8. The van der Waals surface area contributed by atoms with Crippen LogP contribution in [0.3, 0.4) is 0 Å². The van der Waals surface area contributed by atoms with Crippen LogP contribution in [0.2, 0.25) is 0 Å². The highest BCUT2D eigenvalue weighted by molar-refractivity contribution is 5.73. The van der Waals surface area contributed by atoms with Crippen molar-refractivity contribution in [2.24, 2.45) is 0 Å². The van der Waals surface area contributed by atoms with E-state index in [2.05, 4.69) is 49.5 Å². The summed E-state index contributed by atoms with van der Waals surface area (Å²) in [6, 6.07) is 12.7. The number of benzene rings is 2. The van der Waals surface area contributed by atoms with Gasteiger partial charge in [0, 0.05) is 25.9 Å².